The van der Waals surface area contributed by atoms with Crippen molar-refractivity contribution < 1.29 is 24.2 Å². The van der Waals surface area contributed by atoms with Gasteiger partial charge in [-0.05, 0) is 55.8 Å². The maximum atomic E-state index is 13.2. The predicted molar refractivity (Wildman–Crippen MR) is 127 cm³/mol. The number of aryl methyl sites for hydroxylation is 1. The Bertz CT molecular complexity index is 1210. The number of rotatable bonds is 6. The molecule has 3 aromatic carbocycles. The van der Waals surface area contributed by atoms with Gasteiger partial charge in [0.15, 0.2) is 0 Å². The van der Waals surface area contributed by atoms with Crippen LogP contribution < -0.4 is 14.4 Å². The van der Waals surface area contributed by atoms with E-state index in [4.69, 9.17) is 9.47 Å². The fraction of sp³-hybridized carbons (Fsp3) is 0.185. The summed E-state index contributed by atoms with van der Waals surface area (Å²) in [7, 11) is 1.49. The number of carbonyl (C=O) groups excluding carboxylic acids is 2. The van der Waals surface area contributed by atoms with Crippen molar-refractivity contribution in [2.24, 2.45) is 0 Å². The van der Waals surface area contributed by atoms with Gasteiger partial charge < -0.3 is 14.6 Å². The molecule has 6 nitrogen and oxygen atoms in total. The zero-order valence-corrected chi connectivity index (χ0v) is 18.7. The van der Waals surface area contributed by atoms with Crippen LogP contribution in [-0.2, 0) is 9.59 Å². The lowest BCUT2D eigenvalue weighted by atomic mass is 9.94. The number of nitrogens with zero attached hydrogens (tertiary/aromatic N) is 1. The molecular weight excluding hydrogens is 418 g/mol. The molecule has 0 aliphatic carbocycles. The summed E-state index contributed by atoms with van der Waals surface area (Å²) in [6.07, 6.45) is 0. The average Bonchev–Trinajstić information content (AvgIpc) is 3.10. The van der Waals surface area contributed by atoms with Crippen LogP contribution in [0.3, 0.4) is 0 Å². The second kappa shape index (κ2) is 9.20. The Balaban J connectivity index is 1.93. The van der Waals surface area contributed by atoms with Crippen LogP contribution in [0.4, 0.5) is 5.69 Å². The molecule has 1 aliphatic heterocycles. The van der Waals surface area contributed by atoms with Crippen molar-refractivity contribution in [3.05, 3.63) is 95.1 Å². The molecule has 1 fully saturated rings. The summed E-state index contributed by atoms with van der Waals surface area (Å²) in [6.45, 7) is 4.37. The molecular formula is C27H25NO5. The van der Waals surface area contributed by atoms with Gasteiger partial charge in [-0.2, -0.15) is 0 Å². The molecule has 1 saturated heterocycles. The number of amides is 1. The SMILES string of the molecule is CCOc1ccc(C2/C(=C(/O)c3ccccc3OC)C(=O)C(=O)N2c2ccc(C)cc2)cc1. The maximum Gasteiger partial charge on any atom is 0.300 e. The second-order valence-electron chi connectivity index (χ2n) is 7.71. The largest absolute Gasteiger partial charge is 0.507 e. The quantitative estimate of drug-likeness (QED) is 0.329. The van der Waals surface area contributed by atoms with E-state index in [-0.39, 0.29) is 11.3 Å². The van der Waals surface area contributed by atoms with Gasteiger partial charge in [0, 0.05) is 5.69 Å². The highest BCUT2D eigenvalue weighted by Gasteiger charge is 2.47. The molecule has 3 aromatic rings. The summed E-state index contributed by atoms with van der Waals surface area (Å²) in [5.74, 6) is -0.647. The van der Waals surface area contributed by atoms with E-state index in [0.717, 1.165) is 5.56 Å². The van der Waals surface area contributed by atoms with Crippen molar-refractivity contribution in [3.8, 4) is 11.5 Å². The summed E-state index contributed by atoms with van der Waals surface area (Å²) in [5.41, 5.74) is 2.63. The van der Waals surface area contributed by atoms with Crippen LogP contribution in [0.5, 0.6) is 11.5 Å². The Morgan fingerprint density at radius 2 is 1.64 bits per heavy atom. The van der Waals surface area contributed by atoms with Crippen LogP contribution in [0.15, 0.2) is 78.4 Å². The first kappa shape index (κ1) is 22.1. The Labute approximate surface area is 192 Å². The van der Waals surface area contributed by atoms with E-state index in [0.29, 0.717) is 34.9 Å². The number of ether oxygens (including phenoxy) is 2. The predicted octanol–water partition coefficient (Wildman–Crippen LogP) is 5.03. The Hall–Kier alpha value is -4.06. The number of anilines is 1. The number of hydrogen-bond donors (Lipinski definition) is 1. The number of para-hydroxylation sites is 1. The van der Waals surface area contributed by atoms with Gasteiger partial charge in [0.25, 0.3) is 11.7 Å². The van der Waals surface area contributed by atoms with Crippen molar-refractivity contribution in [2.75, 3.05) is 18.6 Å². The van der Waals surface area contributed by atoms with Crippen molar-refractivity contribution in [2.45, 2.75) is 19.9 Å². The third-order valence-corrected chi connectivity index (χ3v) is 5.63. The summed E-state index contributed by atoms with van der Waals surface area (Å²) in [5, 5.41) is 11.3. The normalized spacial score (nSPS) is 17.3. The van der Waals surface area contributed by atoms with Gasteiger partial charge in [0.2, 0.25) is 0 Å². The lowest BCUT2D eigenvalue weighted by Crippen LogP contribution is -2.29. The lowest BCUT2D eigenvalue weighted by Gasteiger charge is -2.26. The van der Waals surface area contributed by atoms with E-state index < -0.39 is 17.7 Å². The van der Waals surface area contributed by atoms with Gasteiger partial charge in [-0.3, -0.25) is 14.5 Å². The number of aliphatic hydroxyl groups is 1. The van der Waals surface area contributed by atoms with Crippen LogP contribution >= 0.6 is 0 Å². The van der Waals surface area contributed by atoms with Crippen LogP contribution in [0, 0.1) is 6.92 Å². The fourth-order valence-corrected chi connectivity index (χ4v) is 4.02. The number of carbonyl (C=O) groups is 2. The van der Waals surface area contributed by atoms with Gasteiger partial charge in [-0.15, -0.1) is 0 Å². The third kappa shape index (κ3) is 4.07. The lowest BCUT2D eigenvalue weighted by molar-refractivity contribution is -0.132. The molecule has 0 radical (unpaired) electrons. The third-order valence-electron chi connectivity index (χ3n) is 5.63. The first-order chi connectivity index (χ1) is 16.0. The molecule has 33 heavy (non-hydrogen) atoms. The fourth-order valence-electron chi connectivity index (χ4n) is 4.02. The van der Waals surface area contributed by atoms with Crippen LogP contribution in [0.25, 0.3) is 5.76 Å². The number of Topliss-reactive ketones (excluding diaryl/α,β-unsaturated/α-hetero) is 1. The summed E-state index contributed by atoms with van der Waals surface area (Å²) in [6, 6.07) is 20.6. The second-order valence-corrected chi connectivity index (χ2v) is 7.71. The summed E-state index contributed by atoms with van der Waals surface area (Å²) < 4.78 is 10.9. The molecule has 1 atom stereocenters. The van der Waals surface area contributed by atoms with Gasteiger partial charge in [-0.1, -0.05) is 42.0 Å². The number of ketones is 1. The molecule has 1 unspecified atom stereocenters. The molecule has 0 aromatic heterocycles. The highest BCUT2D eigenvalue weighted by atomic mass is 16.5. The van der Waals surface area contributed by atoms with E-state index in [2.05, 4.69) is 0 Å². The van der Waals surface area contributed by atoms with E-state index in [9.17, 15) is 14.7 Å². The number of aliphatic hydroxyl groups excluding tert-OH is 1. The van der Waals surface area contributed by atoms with Gasteiger partial charge in [-0.25, -0.2) is 0 Å². The van der Waals surface area contributed by atoms with E-state index >= 15 is 0 Å². The smallest absolute Gasteiger partial charge is 0.300 e. The van der Waals surface area contributed by atoms with Gasteiger partial charge >= 0.3 is 0 Å². The molecule has 4 rings (SSSR count). The summed E-state index contributed by atoms with van der Waals surface area (Å²) in [4.78, 5) is 27.9. The molecule has 1 N–H and O–H groups in total. The molecule has 0 bridgehead atoms. The van der Waals surface area contributed by atoms with Crippen molar-refractivity contribution in [3.63, 3.8) is 0 Å². The molecule has 1 amide bonds. The number of methoxy groups -OCH3 is 1. The molecule has 6 heteroatoms. The molecule has 168 valence electrons. The molecule has 1 aliphatic rings. The Morgan fingerprint density at radius 3 is 2.27 bits per heavy atom. The van der Waals surface area contributed by atoms with Gasteiger partial charge in [0.1, 0.15) is 17.3 Å². The Kier molecular flexibility index (Phi) is 6.18. The van der Waals surface area contributed by atoms with Crippen LogP contribution in [0.1, 0.15) is 29.7 Å². The monoisotopic (exact) mass is 443 g/mol. The zero-order valence-electron chi connectivity index (χ0n) is 18.7. The topological polar surface area (TPSA) is 76.1 Å². The van der Waals surface area contributed by atoms with Crippen molar-refractivity contribution in [1.29, 1.82) is 0 Å². The average molecular weight is 443 g/mol. The minimum Gasteiger partial charge on any atom is -0.507 e. The molecule has 1 heterocycles. The number of benzene rings is 3. The van der Waals surface area contributed by atoms with Crippen LogP contribution in [0.2, 0.25) is 0 Å². The minimum absolute atomic E-state index is 0.00855. The minimum atomic E-state index is -0.812. The molecule has 0 saturated carbocycles. The first-order valence-corrected chi connectivity index (χ1v) is 10.7. The highest BCUT2D eigenvalue weighted by Crippen LogP contribution is 2.43. The van der Waals surface area contributed by atoms with Gasteiger partial charge in [0.05, 0.1) is 30.9 Å². The summed E-state index contributed by atoms with van der Waals surface area (Å²) >= 11 is 0. The van der Waals surface area contributed by atoms with Crippen molar-refractivity contribution >= 4 is 23.1 Å². The molecule has 0 spiro atoms. The van der Waals surface area contributed by atoms with E-state index in [1.807, 2.05) is 26.0 Å². The van der Waals surface area contributed by atoms with E-state index in [1.54, 1.807) is 60.7 Å². The standard InChI is InChI=1S/C27H25NO5/c1-4-33-20-15-11-18(12-16-20)24-23(25(29)21-7-5-6-8-22(21)32-3)26(30)27(31)28(24)19-13-9-17(2)10-14-19/h5-16,24,29H,4H2,1-3H3/b25-23-. The number of hydrogen-bond acceptors (Lipinski definition) is 5. The van der Waals surface area contributed by atoms with E-state index in [1.165, 1.54) is 12.0 Å². The van der Waals surface area contributed by atoms with Crippen molar-refractivity contribution in [1.82, 2.24) is 0 Å². The first-order valence-electron chi connectivity index (χ1n) is 10.7. The maximum absolute atomic E-state index is 13.2. The highest BCUT2D eigenvalue weighted by molar-refractivity contribution is 6.51. The van der Waals surface area contributed by atoms with Crippen LogP contribution in [-0.4, -0.2) is 30.5 Å². The Morgan fingerprint density at radius 1 is 0.970 bits per heavy atom. The zero-order chi connectivity index (χ0) is 23.5.